The zero-order valence-electron chi connectivity index (χ0n) is 9.25. The molecule has 0 radical (unpaired) electrons. The molecule has 17 heavy (non-hydrogen) atoms. The molecule has 0 saturated heterocycles. The Morgan fingerprint density at radius 1 is 1.41 bits per heavy atom. The lowest BCUT2D eigenvalue weighted by Gasteiger charge is -2.06. The predicted octanol–water partition coefficient (Wildman–Crippen LogP) is 0.958. The second-order valence-corrected chi connectivity index (χ2v) is 5.31. The summed E-state index contributed by atoms with van der Waals surface area (Å²) in [5.41, 5.74) is 6.89. The van der Waals surface area contributed by atoms with Gasteiger partial charge in [0.1, 0.15) is 12.4 Å². The summed E-state index contributed by atoms with van der Waals surface area (Å²) in [6.07, 6.45) is 1.22. The first-order chi connectivity index (χ1) is 7.99. The largest absolute Gasteiger partial charge is 0.489 e. The van der Waals surface area contributed by atoms with Gasteiger partial charge in [0.15, 0.2) is 5.03 Å². The summed E-state index contributed by atoms with van der Waals surface area (Å²) in [6.45, 7) is 2.04. The van der Waals surface area contributed by atoms with Crippen LogP contribution >= 0.6 is 0 Å². The summed E-state index contributed by atoms with van der Waals surface area (Å²) < 4.78 is 31.2. The Labute approximate surface area is 99.7 Å². The molecule has 2 rings (SSSR count). The molecule has 0 aromatic heterocycles. The molecular weight excluding hydrogens is 240 g/mol. The number of benzene rings is 1. The van der Waals surface area contributed by atoms with Crippen molar-refractivity contribution in [3.05, 3.63) is 40.4 Å². The molecular formula is C11H12N2O3S. The second kappa shape index (κ2) is 4.21. The van der Waals surface area contributed by atoms with Crippen LogP contribution in [-0.2, 0) is 10.0 Å². The summed E-state index contributed by atoms with van der Waals surface area (Å²) in [5, 5.41) is -0.231. The number of hydrogen-bond donors (Lipinski definition) is 1. The van der Waals surface area contributed by atoms with Crippen LogP contribution in [0.25, 0.3) is 0 Å². The highest BCUT2D eigenvalue weighted by molar-refractivity contribution is 7.94. The molecule has 0 atom stereocenters. The van der Waals surface area contributed by atoms with Gasteiger partial charge in [0.2, 0.25) is 0 Å². The van der Waals surface area contributed by atoms with Crippen molar-refractivity contribution in [3.8, 4) is 5.75 Å². The second-order valence-electron chi connectivity index (χ2n) is 3.70. The summed E-state index contributed by atoms with van der Waals surface area (Å²) in [7, 11) is -3.64. The van der Waals surface area contributed by atoms with Gasteiger partial charge in [0, 0.05) is 5.57 Å². The minimum atomic E-state index is -3.64. The van der Waals surface area contributed by atoms with E-state index in [9.17, 15) is 8.42 Å². The maximum atomic E-state index is 11.2. The van der Waals surface area contributed by atoms with E-state index >= 15 is 0 Å². The summed E-state index contributed by atoms with van der Waals surface area (Å²) in [5.74, 6) is 0.669. The first-order valence-corrected chi connectivity index (χ1v) is 6.41. The predicted molar refractivity (Wildman–Crippen MR) is 65.3 cm³/mol. The molecule has 90 valence electrons. The van der Waals surface area contributed by atoms with Crippen LogP contribution in [0.3, 0.4) is 0 Å². The van der Waals surface area contributed by atoms with E-state index in [1.807, 2.05) is 25.1 Å². The standard InChI is InChI=1S/C11H12N2O3S/c1-8-3-2-4-10(5-8)16-7-9-6-13-17(14,15)11(9)12/h2-6H,7,12H2,1H3. The van der Waals surface area contributed by atoms with Crippen LogP contribution in [0, 0.1) is 6.92 Å². The summed E-state index contributed by atoms with van der Waals surface area (Å²) in [4.78, 5) is 0. The molecule has 0 spiro atoms. The van der Waals surface area contributed by atoms with E-state index in [1.165, 1.54) is 6.21 Å². The minimum Gasteiger partial charge on any atom is -0.489 e. The highest BCUT2D eigenvalue weighted by Crippen LogP contribution is 2.17. The van der Waals surface area contributed by atoms with Crippen molar-refractivity contribution in [2.75, 3.05) is 6.61 Å². The molecule has 0 saturated carbocycles. The van der Waals surface area contributed by atoms with Crippen LogP contribution in [0.15, 0.2) is 39.3 Å². The minimum absolute atomic E-state index is 0.0953. The van der Waals surface area contributed by atoms with Crippen molar-refractivity contribution in [2.24, 2.45) is 10.1 Å². The maximum Gasteiger partial charge on any atom is 0.297 e. The molecule has 0 amide bonds. The third-order valence-corrected chi connectivity index (χ3v) is 3.53. The molecule has 5 nitrogen and oxygen atoms in total. The number of rotatable bonds is 3. The van der Waals surface area contributed by atoms with Crippen LogP contribution in [0.5, 0.6) is 5.75 Å². The van der Waals surface area contributed by atoms with Crippen LogP contribution < -0.4 is 10.5 Å². The van der Waals surface area contributed by atoms with Gasteiger partial charge < -0.3 is 10.5 Å². The van der Waals surface area contributed by atoms with Crippen molar-refractivity contribution >= 4 is 16.2 Å². The van der Waals surface area contributed by atoms with Gasteiger partial charge in [0.25, 0.3) is 10.0 Å². The molecule has 1 aliphatic heterocycles. The lowest BCUT2D eigenvalue weighted by molar-refractivity contribution is 0.357. The molecule has 6 heteroatoms. The SMILES string of the molecule is Cc1cccc(OCC2=C(N)S(=O)(=O)N=C2)c1. The average Bonchev–Trinajstić information content (AvgIpc) is 2.52. The monoisotopic (exact) mass is 252 g/mol. The fraction of sp³-hybridized carbons (Fsp3) is 0.182. The number of hydrogen-bond acceptors (Lipinski definition) is 4. The zero-order chi connectivity index (χ0) is 12.5. The van der Waals surface area contributed by atoms with Crippen molar-refractivity contribution in [1.29, 1.82) is 0 Å². The Morgan fingerprint density at radius 3 is 2.76 bits per heavy atom. The Balaban J connectivity index is 2.10. The van der Waals surface area contributed by atoms with Gasteiger partial charge in [0.05, 0.1) is 6.21 Å². The van der Waals surface area contributed by atoms with Gasteiger partial charge in [-0.05, 0) is 24.6 Å². The smallest absolute Gasteiger partial charge is 0.297 e. The Kier molecular flexibility index (Phi) is 2.89. The van der Waals surface area contributed by atoms with Gasteiger partial charge in [-0.2, -0.15) is 12.8 Å². The van der Waals surface area contributed by atoms with Crippen molar-refractivity contribution in [2.45, 2.75) is 6.92 Å². The fourth-order valence-corrected chi connectivity index (χ4v) is 2.22. The number of nitrogens with zero attached hydrogens (tertiary/aromatic N) is 1. The van der Waals surface area contributed by atoms with Crippen molar-refractivity contribution < 1.29 is 13.2 Å². The lowest BCUT2D eigenvalue weighted by atomic mass is 10.2. The lowest BCUT2D eigenvalue weighted by Crippen LogP contribution is -2.11. The molecule has 0 unspecified atom stereocenters. The molecule has 0 aliphatic carbocycles. The molecule has 0 bridgehead atoms. The van der Waals surface area contributed by atoms with Gasteiger partial charge >= 0.3 is 0 Å². The van der Waals surface area contributed by atoms with E-state index in [0.29, 0.717) is 11.3 Å². The van der Waals surface area contributed by atoms with E-state index in [1.54, 1.807) is 6.07 Å². The third kappa shape index (κ3) is 2.47. The van der Waals surface area contributed by atoms with Gasteiger partial charge in [-0.3, -0.25) is 0 Å². The maximum absolute atomic E-state index is 11.2. The number of sulfonamides is 1. The van der Waals surface area contributed by atoms with Crippen LogP contribution in [0.1, 0.15) is 5.56 Å². The first kappa shape index (κ1) is 11.7. The highest BCUT2D eigenvalue weighted by atomic mass is 32.2. The van der Waals surface area contributed by atoms with Gasteiger partial charge in [-0.25, -0.2) is 0 Å². The molecule has 1 aromatic carbocycles. The van der Waals surface area contributed by atoms with Crippen molar-refractivity contribution in [3.63, 3.8) is 0 Å². The average molecular weight is 252 g/mol. The van der Waals surface area contributed by atoms with E-state index in [0.717, 1.165) is 5.56 Å². The Hall–Kier alpha value is -1.82. The van der Waals surface area contributed by atoms with Crippen molar-refractivity contribution in [1.82, 2.24) is 0 Å². The Morgan fingerprint density at radius 2 is 2.18 bits per heavy atom. The van der Waals surface area contributed by atoms with Gasteiger partial charge in [-0.1, -0.05) is 12.1 Å². The fourth-order valence-electron chi connectivity index (χ4n) is 1.39. The quantitative estimate of drug-likeness (QED) is 0.868. The van der Waals surface area contributed by atoms with E-state index < -0.39 is 10.0 Å². The van der Waals surface area contributed by atoms with E-state index in [4.69, 9.17) is 10.5 Å². The normalized spacial score (nSPS) is 17.5. The Bertz CT molecular complexity index is 603. The van der Waals surface area contributed by atoms with Crippen LogP contribution in [0.4, 0.5) is 0 Å². The molecule has 1 heterocycles. The summed E-state index contributed by atoms with van der Waals surface area (Å²) >= 11 is 0. The van der Waals surface area contributed by atoms with Crippen LogP contribution in [0.2, 0.25) is 0 Å². The van der Waals surface area contributed by atoms with Crippen LogP contribution in [-0.4, -0.2) is 21.2 Å². The topological polar surface area (TPSA) is 81.8 Å². The summed E-state index contributed by atoms with van der Waals surface area (Å²) in [6, 6.07) is 7.46. The first-order valence-electron chi connectivity index (χ1n) is 4.97. The molecule has 1 aromatic rings. The zero-order valence-corrected chi connectivity index (χ0v) is 10.1. The highest BCUT2D eigenvalue weighted by Gasteiger charge is 2.22. The third-order valence-electron chi connectivity index (χ3n) is 2.33. The molecule has 1 aliphatic rings. The number of nitrogens with two attached hydrogens (primary N) is 1. The van der Waals surface area contributed by atoms with E-state index in [2.05, 4.69) is 4.40 Å². The number of ether oxygens (including phenoxy) is 1. The molecule has 2 N–H and O–H groups in total. The van der Waals surface area contributed by atoms with E-state index in [-0.39, 0.29) is 11.6 Å². The molecule has 0 fully saturated rings. The number of aryl methyl sites for hydroxylation is 1. The van der Waals surface area contributed by atoms with Gasteiger partial charge in [-0.15, -0.1) is 0 Å².